The van der Waals surface area contributed by atoms with Crippen LogP contribution in [0.25, 0.3) is 0 Å². The summed E-state index contributed by atoms with van der Waals surface area (Å²) in [7, 11) is 0. The minimum absolute atomic E-state index is 0.0446. The smallest absolute Gasteiger partial charge is 0.159 e. The van der Waals surface area contributed by atoms with Crippen molar-refractivity contribution >= 4 is 5.78 Å². The van der Waals surface area contributed by atoms with Crippen molar-refractivity contribution in [2.24, 2.45) is 0 Å². The van der Waals surface area contributed by atoms with Crippen LogP contribution in [0.1, 0.15) is 34.0 Å². The minimum Gasteiger partial charge on any atom is -0.457 e. The molecule has 0 heterocycles. The number of benzene rings is 2. The monoisotopic (exact) mass is 254 g/mol. The Morgan fingerprint density at radius 1 is 1.00 bits per heavy atom. The van der Waals surface area contributed by atoms with E-state index >= 15 is 0 Å². The molecule has 0 saturated carbocycles. The SMILES string of the molecule is CC(=O)c1cccc(Oc2c(C)ccc(C)c2C)c1. The molecule has 19 heavy (non-hydrogen) atoms. The third-order valence-corrected chi connectivity index (χ3v) is 3.33. The molecule has 0 spiro atoms. The van der Waals surface area contributed by atoms with Crippen LogP contribution in [0.4, 0.5) is 0 Å². The van der Waals surface area contributed by atoms with Crippen molar-refractivity contribution in [3.05, 3.63) is 58.7 Å². The lowest BCUT2D eigenvalue weighted by molar-refractivity contribution is 0.101. The Bertz CT molecular complexity index is 627. The van der Waals surface area contributed by atoms with Gasteiger partial charge in [0.05, 0.1) is 0 Å². The summed E-state index contributed by atoms with van der Waals surface area (Å²) in [6, 6.07) is 11.4. The van der Waals surface area contributed by atoms with Crippen molar-refractivity contribution < 1.29 is 9.53 Å². The van der Waals surface area contributed by atoms with Crippen molar-refractivity contribution in [3.8, 4) is 11.5 Å². The molecule has 0 aliphatic rings. The van der Waals surface area contributed by atoms with Gasteiger partial charge in [0.1, 0.15) is 11.5 Å². The molecular weight excluding hydrogens is 236 g/mol. The minimum atomic E-state index is 0.0446. The fraction of sp³-hybridized carbons (Fsp3) is 0.235. The lowest BCUT2D eigenvalue weighted by Gasteiger charge is -2.14. The van der Waals surface area contributed by atoms with Gasteiger partial charge in [-0.25, -0.2) is 0 Å². The van der Waals surface area contributed by atoms with Crippen LogP contribution in [0.2, 0.25) is 0 Å². The van der Waals surface area contributed by atoms with Gasteiger partial charge < -0.3 is 4.74 Å². The molecule has 2 aromatic rings. The Hall–Kier alpha value is -2.09. The summed E-state index contributed by atoms with van der Waals surface area (Å²) in [5.74, 6) is 1.62. The average Bonchev–Trinajstić information content (AvgIpc) is 2.39. The Kier molecular flexibility index (Phi) is 3.70. The van der Waals surface area contributed by atoms with Crippen molar-refractivity contribution in [3.63, 3.8) is 0 Å². The molecule has 0 aliphatic carbocycles. The quantitative estimate of drug-likeness (QED) is 0.748. The maximum absolute atomic E-state index is 11.4. The predicted octanol–water partition coefficient (Wildman–Crippen LogP) is 4.61. The van der Waals surface area contributed by atoms with E-state index < -0.39 is 0 Å². The molecule has 0 atom stereocenters. The molecule has 2 aromatic carbocycles. The summed E-state index contributed by atoms with van der Waals surface area (Å²) in [6.45, 7) is 7.69. The van der Waals surface area contributed by atoms with Gasteiger partial charge in [0.2, 0.25) is 0 Å². The molecule has 0 bridgehead atoms. The Morgan fingerprint density at radius 2 is 1.68 bits per heavy atom. The fourth-order valence-corrected chi connectivity index (χ4v) is 1.98. The highest BCUT2D eigenvalue weighted by atomic mass is 16.5. The summed E-state index contributed by atoms with van der Waals surface area (Å²) >= 11 is 0. The van der Waals surface area contributed by atoms with Gasteiger partial charge in [0.15, 0.2) is 5.78 Å². The molecule has 0 radical (unpaired) electrons. The maximum atomic E-state index is 11.4. The molecule has 2 rings (SSSR count). The van der Waals surface area contributed by atoms with Gasteiger partial charge in [-0.2, -0.15) is 0 Å². The lowest BCUT2D eigenvalue weighted by Crippen LogP contribution is -1.96. The van der Waals surface area contributed by atoms with Gasteiger partial charge in [0.25, 0.3) is 0 Å². The second-order valence-electron chi connectivity index (χ2n) is 4.84. The highest BCUT2D eigenvalue weighted by molar-refractivity contribution is 5.94. The van der Waals surface area contributed by atoms with Crippen LogP contribution in [0, 0.1) is 20.8 Å². The number of hydrogen-bond acceptors (Lipinski definition) is 2. The summed E-state index contributed by atoms with van der Waals surface area (Å²) in [6.07, 6.45) is 0. The summed E-state index contributed by atoms with van der Waals surface area (Å²) < 4.78 is 5.96. The third kappa shape index (κ3) is 2.84. The van der Waals surface area contributed by atoms with Gasteiger partial charge in [-0.3, -0.25) is 4.79 Å². The number of carbonyl (C=O) groups is 1. The largest absolute Gasteiger partial charge is 0.457 e. The van der Waals surface area contributed by atoms with E-state index in [1.807, 2.05) is 32.0 Å². The van der Waals surface area contributed by atoms with Crippen molar-refractivity contribution in [2.75, 3.05) is 0 Å². The zero-order valence-electron chi connectivity index (χ0n) is 11.8. The normalized spacial score (nSPS) is 10.3. The fourth-order valence-electron chi connectivity index (χ4n) is 1.98. The second-order valence-corrected chi connectivity index (χ2v) is 4.84. The predicted molar refractivity (Wildman–Crippen MR) is 77.2 cm³/mol. The van der Waals surface area contributed by atoms with Gasteiger partial charge >= 0.3 is 0 Å². The number of aryl methyl sites for hydroxylation is 2. The highest BCUT2D eigenvalue weighted by Crippen LogP contribution is 2.30. The van der Waals surface area contributed by atoms with E-state index in [0.29, 0.717) is 11.3 Å². The summed E-state index contributed by atoms with van der Waals surface area (Å²) in [5.41, 5.74) is 4.09. The highest BCUT2D eigenvalue weighted by Gasteiger charge is 2.08. The Balaban J connectivity index is 2.39. The number of carbonyl (C=O) groups excluding carboxylic acids is 1. The van der Waals surface area contributed by atoms with Gasteiger partial charge in [0, 0.05) is 5.56 Å². The molecule has 0 aromatic heterocycles. The maximum Gasteiger partial charge on any atom is 0.159 e. The van der Waals surface area contributed by atoms with Crippen LogP contribution in [-0.4, -0.2) is 5.78 Å². The molecule has 98 valence electrons. The van der Waals surface area contributed by atoms with E-state index in [-0.39, 0.29) is 5.78 Å². The third-order valence-electron chi connectivity index (χ3n) is 3.33. The molecule has 2 heteroatoms. The van der Waals surface area contributed by atoms with Crippen LogP contribution in [0.15, 0.2) is 36.4 Å². The first-order valence-electron chi connectivity index (χ1n) is 6.34. The molecule has 0 saturated heterocycles. The zero-order chi connectivity index (χ0) is 14.0. The number of hydrogen-bond donors (Lipinski definition) is 0. The lowest BCUT2D eigenvalue weighted by atomic mass is 10.1. The van der Waals surface area contributed by atoms with E-state index in [1.54, 1.807) is 19.1 Å². The van der Waals surface area contributed by atoms with Crippen molar-refractivity contribution in [1.29, 1.82) is 0 Å². The van der Waals surface area contributed by atoms with Crippen LogP contribution in [-0.2, 0) is 0 Å². The molecule has 0 unspecified atom stereocenters. The number of ketones is 1. The first-order valence-corrected chi connectivity index (χ1v) is 6.34. The van der Waals surface area contributed by atoms with Crippen molar-refractivity contribution in [2.45, 2.75) is 27.7 Å². The molecule has 2 nitrogen and oxygen atoms in total. The van der Waals surface area contributed by atoms with Crippen LogP contribution >= 0.6 is 0 Å². The topological polar surface area (TPSA) is 26.3 Å². The summed E-state index contributed by atoms with van der Waals surface area (Å²) in [4.78, 5) is 11.4. The van der Waals surface area contributed by atoms with E-state index in [2.05, 4.69) is 13.0 Å². The van der Waals surface area contributed by atoms with E-state index in [1.165, 1.54) is 5.56 Å². The first kappa shape index (κ1) is 13.3. The Morgan fingerprint density at radius 3 is 2.37 bits per heavy atom. The number of Topliss-reactive ketones (excluding diaryl/α,β-unsaturated/α-hetero) is 1. The average molecular weight is 254 g/mol. The zero-order valence-corrected chi connectivity index (χ0v) is 11.8. The van der Waals surface area contributed by atoms with Crippen LogP contribution in [0.3, 0.4) is 0 Å². The van der Waals surface area contributed by atoms with Crippen LogP contribution < -0.4 is 4.74 Å². The van der Waals surface area contributed by atoms with E-state index in [0.717, 1.165) is 16.9 Å². The molecule has 0 fully saturated rings. The summed E-state index contributed by atoms with van der Waals surface area (Å²) in [5, 5.41) is 0. The molecule has 0 amide bonds. The van der Waals surface area contributed by atoms with E-state index in [9.17, 15) is 4.79 Å². The van der Waals surface area contributed by atoms with Gasteiger partial charge in [-0.15, -0.1) is 0 Å². The number of ether oxygens (including phenoxy) is 1. The molecule has 0 N–H and O–H groups in total. The molecular formula is C17H18O2. The molecule has 0 aliphatic heterocycles. The van der Waals surface area contributed by atoms with Crippen molar-refractivity contribution in [1.82, 2.24) is 0 Å². The van der Waals surface area contributed by atoms with E-state index in [4.69, 9.17) is 4.74 Å². The standard InChI is InChI=1S/C17H18O2/c1-11-8-9-12(2)17(13(11)3)19-16-7-5-6-15(10-16)14(4)18/h5-10H,1-4H3. The first-order chi connectivity index (χ1) is 8.99. The Labute approximate surface area is 114 Å². The van der Waals surface area contributed by atoms with Crippen LogP contribution in [0.5, 0.6) is 11.5 Å². The van der Waals surface area contributed by atoms with Gasteiger partial charge in [-0.1, -0.05) is 24.3 Å². The second kappa shape index (κ2) is 5.27. The van der Waals surface area contributed by atoms with Gasteiger partial charge in [-0.05, 0) is 56.5 Å². The number of rotatable bonds is 3.